The first-order valence-electron chi connectivity index (χ1n) is 10.3. The number of halogens is 1. The van der Waals surface area contributed by atoms with Crippen LogP contribution in [0.3, 0.4) is 0 Å². The van der Waals surface area contributed by atoms with Crippen molar-refractivity contribution in [3.8, 4) is 0 Å². The number of hydrogen-bond donors (Lipinski definition) is 0. The van der Waals surface area contributed by atoms with Crippen LogP contribution < -0.4 is 17.0 Å². The summed E-state index contributed by atoms with van der Waals surface area (Å²) in [4.78, 5) is 0. The van der Waals surface area contributed by atoms with Gasteiger partial charge in [0.1, 0.15) is 0 Å². The van der Waals surface area contributed by atoms with Gasteiger partial charge in [0.2, 0.25) is 0 Å². The molecule has 0 saturated carbocycles. The molecule has 0 aromatic carbocycles. The van der Waals surface area contributed by atoms with Gasteiger partial charge in [0.05, 0.1) is 27.2 Å². The predicted octanol–water partition coefficient (Wildman–Crippen LogP) is 3.96. The van der Waals surface area contributed by atoms with Gasteiger partial charge in [-0.3, -0.25) is 0 Å². The van der Waals surface area contributed by atoms with Crippen molar-refractivity contribution >= 4 is 0 Å². The van der Waals surface area contributed by atoms with E-state index in [1.54, 1.807) is 0 Å². The van der Waals surface area contributed by atoms with E-state index in [1.165, 1.54) is 96.3 Å². The second kappa shape index (κ2) is 17.3. The van der Waals surface area contributed by atoms with Crippen LogP contribution in [0.15, 0.2) is 0 Å². The highest BCUT2D eigenvalue weighted by Crippen LogP contribution is 2.20. The number of rotatable bonds is 16. The van der Waals surface area contributed by atoms with Gasteiger partial charge in [-0.05, 0) is 25.7 Å². The Morgan fingerprint density at radius 2 is 0.826 bits per heavy atom. The lowest BCUT2D eigenvalue weighted by Crippen LogP contribution is -3.00. The summed E-state index contributed by atoms with van der Waals surface area (Å²) >= 11 is 0. The summed E-state index contributed by atoms with van der Waals surface area (Å²) < 4.78 is 1.16. The SMILES string of the molecule is CCCCCCCCCCCC(CCCCCC)[N+](C)(C)C.[Br-]. The van der Waals surface area contributed by atoms with Gasteiger partial charge in [-0.2, -0.15) is 0 Å². The van der Waals surface area contributed by atoms with Crippen molar-refractivity contribution in [3.05, 3.63) is 0 Å². The standard InChI is InChI=1S/C21H46N.BrH/c1-6-8-10-12-13-14-15-16-18-20-21(22(3,4)5)19-17-11-9-7-2;/h21H,6-20H2,1-5H3;1H/q+1;/p-1. The molecule has 1 atom stereocenters. The second-order valence-electron chi connectivity index (χ2n) is 8.24. The highest BCUT2D eigenvalue weighted by Gasteiger charge is 2.22. The van der Waals surface area contributed by atoms with Gasteiger partial charge in [-0.1, -0.05) is 84.5 Å². The van der Waals surface area contributed by atoms with Gasteiger partial charge >= 0.3 is 0 Å². The molecule has 0 fully saturated rings. The van der Waals surface area contributed by atoms with Gasteiger partial charge in [0.15, 0.2) is 0 Å². The molecule has 0 spiro atoms. The Hall–Kier alpha value is 0.440. The van der Waals surface area contributed by atoms with Crippen LogP contribution in [0.1, 0.15) is 110 Å². The summed E-state index contributed by atoms with van der Waals surface area (Å²) in [6.07, 6.45) is 21.5. The second-order valence-corrected chi connectivity index (χ2v) is 8.24. The first-order valence-corrected chi connectivity index (χ1v) is 10.3. The van der Waals surface area contributed by atoms with Crippen LogP contribution in [0.2, 0.25) is 0 Å². The molecule has 0 bridgehead atoms. The lowest BCUT2D eigenvalue weighted by Gasteiger charge is -2.34. The van der Waals surface area contributed by atoms with Gasteiger partial charge in [0.25, 0.3) is 0 Å². The average molecular weight is 393 g/mol. The highest BCUT2D eigenvalue weighted by molar-refractivity contribution is 4.60. The molecular formula is C21H46BrN. The van der Waals surface area contributed by atoms with Gasteiger partial charge < -0.3 is 21.5 Å². The highest BCUT2D eigenvalue weighted by atomic mass is 79.9. The quantitative estimate of drug-likeness (QED) is 0.276. The van der Waals surface area contributed by atoms with Gasteiger partial charge in [-0.25, -0.2) is 0 Å². The molecule has 0 N–H and O–H groups in total. The number of nitrogens with zero attached hydrogens (tertiary/aromatic N) is 1. The first-order chi connectivity index (χ1) is 10.5. The third-order valence-corrected chi connectivity index (χ3v) is 5.13. The molecular weight excluding hydrogens is 346 g/mol. The van der Waals surface area contributed by atoms with Crippen molar-refractivity contribution in [2.75, 3.05) is 21.1 Å². The molecule has 0 saturated heterocycles. The molecule has 0 aliphatic heterocycles. The molecule has 0 amide bonds. The van der Waals surface area contributed by atoms with Crippen LogP contribution in [0.25, 0.3) is 0 Å². The summed E-state index contributed by atoms with van der Waals surface area (Å²) in [5.74, 6) is 0. The van der Waals surface area contributed by atoms with Crippen molar-refractivity contribution in [1.82, 2.24) is 0 Å². The summed E-state index contributed by atoms with van der Waals surface area (Å²) in [5, 5.41) is 0. The fourth-order valence-electron chi connectivity index (χ4n) is 3.42. The Morgan fingerprint density at radius 1 is 0.522 bits per heavy atom. The molecule has 0 aromatic rings. The van der Waals surface area contributed by atoms with E-state index in [0.29, 0.717) is 0 Å². The lowest BCUT2D eigenvalue weighted by molar-refractivity contribution is -0.896. The van der Waals surface area contributed by atoms with E-state index in [9.17, 15) is 0 Å². The molecule has 0 rings (SSSR count). The Morgan fingerprint density at radius 3 is 1.17 bits per heavy atom. The predicted molar refractivity (Wildman–Crippen MR) is 102 cm³/mol. The van der Waals surface area contributed by atoms with Crippen LogP contribution in [0.4, 0.5) is 0 Å². The number of hydrogen-bond acceptors (Lipinski definition) is 0. The largest absolute Gasteiger partial charge is 1.00 e. The Balaban J connectivity index is 0. The van der Waals surface area contributed by atoms with Crippen molar-refractivity contribution in [1.29, 1.82) is 0 Å². The van der Waals surface area contributed by atoms with E-state index in [0.717, 1.165) is 10.5 Å². The minimum absolute atomic E-state index is 0. The molecule has 23 heavy (non-hydrogen) atoms. The third-order valence-electron chi connectivity index (χ3n) is 5.13. The van der Waals surface area contributed by atoms with E-state index in [-0.39, 0.29) is 17.0 Å². The van der Waals surface area contributed by atoms with Crippen molar-refractivity contribution in [3.63, 3.8) is 0 Å². The third kappa shape index (κ3) is 17.1. The van der Waals surface area contributed by atoms with E-state index >= 15 is 0 Å². The van der Waals surface area contributed by atoms with Crippen LogP contribution in [-0.2, 0) is 0 Å². The Bertz CT molecular complexity index is 222. The van der Waals surface area contributed by atoms with Crippen molar-refractivity contribution in [2.24, 2.45) is 0 Å². The smallest absolute Gasteiger partial charge is 0.0884 e. The van der Waals surface area contributed by atoms with E-state index in [4.69, 9.17) is 0 Å². The number of quaternary nitrogens is 1. The summed E-state index contributed by atoms with van der Waals surface area (Å²) in [6.45, 7) is 4.60. The molecule has 0 aromatic heterocycles. The minimum Gasteiger partial charge on any atom is -1.00 e. The molecule has 0 heterocycles. The summed E-state index contributed by atoms with van der Waals surface area (Å²) in [5.41, 5.74) is 0. The summed E-state index contributed by atoms with van der Waals surface area (Å²) in [7, 11) is 7.16. The van der Waals surface area contributed by atoms with E-state index in [1.807, 2.05) is 0 Å². The molecule has 0 radical (unpaired) electrons. The topological polar surface area (TPSA) is 0 Å². The maximum Gasteiger partial charge on any atom is 0.0884 e. The lowest BCUT2D eigenvalue weighted by atomic mass is 9.98. The fraction of sp³-hybridized carbons (Fsp3) is 1.00. The normalized spacial score (nSPS) is 12.9. The molecule has 2 heteroatoms. The maximum atomic E-state index is 2.39. The van der Waals surface area contributed by atoms with Crippen LogP contribution in [0.5, 0.6) is 0 Å². The van der Waals surface area contributed by atoms with E-state index < -0.39 is 0 Å². The zero-order chi connectivity index (χ0) is 16.7. The summed E-state index contributed by atoms with van der Waals surface area (Å²) in [6, 6.07) is 0.876. The van der Waals surface area contributed by atoms with Gasteiger partial charge in [0, 0.05) is 0 Å². The molecule has 1 nitrogen and oxygen atoms in total. The van der Waals surface area contributed by atoms with Crippen molar-refractivity contribution in [2.45, 2.75) is 116 Å². The zero-order valence-electron chi connectivity index (χ0n) is 17.0. The maximum absolute atomic E-state index is 2.39. The zero-order valence-corrected chi connectivity index (χ0v) is 18.6. The Kier molecular flexibility index (Phi) is 19.3. The molecule has 0 aliphatic carbocycles. The molecule has 1 unspecified atom stereocenters. The Labute approximate surface area is 159 Å². The van der Waals surface area contributed by atoms with Crippen molar-refractivity contribution < 1.29 is 21.5 Å². The fourth-order valence-corrected chi connectivity index (χ4v) is 3.42. The molecule has 0 aliphatic rings. The van der Waals surface area contributed by atoms with Crippen LogP contribution in [-0.4, -0.2) is 31.7 Å². The molecule has 142 valence electrons. The monoisotopic (exact) mass is 391 g/mol. The van der Waals surface area contributed by atoms with Gasteiger partial charge in [-0.15, -0.1) is 0 Å². The van der Waals surface area contributed by atoms with E-state index in [2.05, 4.69) is 35.0 Å². The number of unbranched alkanes of at least 4 members (excludes halogenated alkanes) is 11. The first kappa shape index (κ1) is 25.7. The average Bonchev–Trinajstić information content (AvgIpc) is 2.46. The van der Waals surface area contributed by atoms with Crippen LogP contribution in [0, 0.1) is 0 Å². The minimum atomic E-state index is 0. The van der Waals surface area contributed by atoms with Crippen LogP contribution >= 0.6 is 0 Å².